The van der Waals surface area contributed by atoms with E-state index in [0.717, 1.165) is 18.9 Å². The fraction of sp³-hybridized carbons (Fsp3) is 0.520. The zero-order valence-corrected chi connectivity index (χ0v) is 21.1. The molecule has 3 atom stereocenters. The molecule has 36 heavy (non-hydrogen) atoms. The van der Waals surface area contributed by atoms with Crippen molar-refractivity contribution in [2.75, 3.05) is 7.11 Å². The summed E-state index contributed by atoms with van der Waals surface area (Å²) in [5.74, 6) is -1.74. The minimum absolute atomic E-state index is 0.0414. The third-order valence-corrected chi connectivity index (χ3v) is 6.97. The van der Waals surface area contributed by atoms with Gasteiger partial charge in [-0.05, 0) is 51.2 Å². The minimum atomic E-state index is -0.892. The molecule has 2 fully saturated rings. The lowest BCUT2D eigenvalue weighted by atomic mass is 9.92. The number of aromatic amines is 1. The second-order valence-corrected chi connectivity index (χ2v) is 10.7. The van der Waals surface area contributed by atoms with Crippen molar-refractivity contribution in [3.05, 3.63) is 28.7 Å². The van der Waals surface area contributed by atoms with E-state index in [1.54, 1.807) is 0 Å². The SMILES string of the molecule is COc1c(Cl)cc(F)c2[nH]c(C(=O)NC(CC3CC3)C(=O)NC(C#N)CC3CC(C)(C)NC3=O)cc12. The quantitative estimate of drug-likeness (QED) is 0.405. The molecule has 4 rings (SSSR count). The molecule has 1 aromatic carbocycles. The summed E-state index contributed by atoms with van der Waals surface area (Å²) >= 11 is 6.05. The number of hydrogen-bond acceptors (Lipinski definition) is 5. The predicted molar refractivity (Wildman–Crippen MR) is 131 cm³/mol. The summed E-state index contributed by atoms with van der Waals surface area (Å²) in [6.45, 7) is 3.82. The predicted octanol–water partition coefficient (Wildman–Crippen LogP) is 3.18. The summed E-state index contributed by atoms with van der Waals surface area (Å²) in [6.07, 6.45) is 3.06. The Labute approximate surface area is 213 Å². The number of nitrogens with zero attached hydrogens (tertiary/aromatic N) is 1. The van der Waals surface area contributed by atoms with Crippen LogP contribution in [0.4, 0.5) is 4.39 Å². The maximum atomic E-state index is 14.4. The molecule has 1 saturated heterocycles. The van der Waals surface area contributed by atoms with E-state index in [1.165, 1.54) is 13.2 Å². The summed E-state index contributed by atoms with van der Waals surface area (Å²) in [7, 11) is 1.39. The van der Waals surface area contributed by atoms with Gasteiger partial charge >= 0.3 is 0 Å². The van der Waals surface area contributed by atoms with Crippen LogP contribution in [0.3, 0.4) is 0 Å². The molecule has 0 spiro atoms. The van der Waals surface area contributed by atoms with Gasteiger partial charge in [0.1, 0.15) is 29.3 Å². The first-order chi connectivity index (χ1) is 17.0. The number of halogens is 2. The van der Waals surface area contributed by atoms with E-state index < -0.39 is 29.7 Å². The molecule has 3 amide bonds. The Morgan fingerprint density at radius 3 is 2.61 bits per heavy atom. The standard InChI is InChI=1S/C25H29ClFN5O4/c1-25(2)10-13(22(33)32-25)7-14(11-28)29-23(34)18(6-12-4-5-12)31-24(35)19-8-15-20(30-19)17(27)9-16(26)21(15)36-3/h8-9,12-14,18,30H,4-7,10H2,1-3H3,(H,29,34)(H,31,35)(H,32,33). The van der Waals surface area contributed by atoms with Gasteiger partial charge in [0.2, 0.25) is 11.8 Å². The number of amides is 3. The third-order valence-electron chi connectivity index (χ3n) is 6.69. The van der Waals surface area contributed by atoms with Crippen LogP contribution in [0.5, 0.6) is 5.75 Å². The number of carbonyl (C=O) groups excluding carboxylic acids is 3. The summed E-state index contributed by atoms with van der Waals surface area (Å²) in [6, 6.07) is 2.80. The Morgan fingerprint density at radius 1 is 1.31 bits per heavy atom. The molecule has 3 unspecified atom stereocenters. The maximum Gasteiger partial charge on any atom is 0.268 e. The van der Waals surface area contributed by atoms with E-state index in [2.05, 4.69) is 27.0 Å². The monoisotopic (exact) mass is 517 g/mol. The van der Waals surface area contributed by atoms with Crippen molar-refractivity contribution in [2.24, 2.45) is 11.8 Å². The first-order valence-electron chi connectivity index (χ1n) is 11.9. The van der Waals surface area contributed by atoms with Gasteiger partial charge in [0.25, 0.3) is 5.91 Å². The maximum absolute atomic E-state index is 14.4. The van der Waals surface area contributed by atoms with Gasteiger partial charge in [0.05, 0.1) is 23.7 Å². The Kier molecular flexibility index (Phi) is 7.14. The van der Waals surface area contributed by atoms with Crippen LogP contribution in [0.25, 0.3) is 10.9 Å². The number of nitriles is 1. The highest BCUT2D eigenvalue weighted by molar-refractivity contribution is 6.33. The second-order valence-electron chi connectivity index (χ2n) is 10.3. The molecule has 9 nitrogen and oxygen atoms in total. The van der Waals surface area contributed by atoms with Crippen molar-refractivity contribution in [1.82, 2.24) is 20.9 Å². The number of hydrogen-bond donors (Lipinski definition) is 4. The molecule has 2 heterocycles. The number of benzene rings is 1. The van der Waals surface area contributed by atoms with Crippen LogP contribution in [0.2, 0.25) is 5.02 Å². The van der Waals surface area contributed by atoms with Gasteiger partial charge in [-0.3, -0.25) is 14.4 Å². The van der Waals surface area contributed by atoms with Gasteiger partial charge in [-0.25, -0.2) is 4.39 Å². The van der Waals surface area contributed by atoms with E-state index in [0.29, 0.717) is 24.1 Å². The largest absolute Gasteiger partial charge is 0.494 e. The number of carbonyl (C=O) groups is 3. The van der Waals surface area contributed by atoms with Gasteiger partial charge in [-0.15, -0.1) is 0 Å². The number of methoxy groups -OCH3 is 1. The summed E-state index contributed by atoms with van der Waals surface area (Å²) in [5, 5.41) is 18.3. The fourth-order valence-electron chi connectivity index (χ4n) is 4.77. The van der Waals surface area contributed by atoms with E-state index >= 15 is 0 Å². The van der Waals surface area contributed by atoms with Crippen LogP contribution >= 0.6 is 11.6 Å². The Morgan fingerprint density at radius 2 is 2.03 bits per heavy atom. The summed E-state index contributed by atoms with van der Waals surface area (Å²) < 4.78 is 19.7. The van der Waals surface area contributed by atoms with Gasteiger partial charge in [-0.2, -0.15) is 5.26 Å². The van der Waals surface area contributed by atoms with Crippen molar-refractivity contribution in [2.45, 2.75) is 63.6 Å². The van der Waals surface area contributed by atoms with Crippen molar-refractivity contribution in [1.29, 1.82) is 5.26 Å². The van der Waals surface area contributed by atoms with Crippen LogP contribution in [0.15, 0.2) is 12.1 Å². The first kappa shape index (κ1) is 25.8. The van der Waals surface area contributed by atoms with Crippen LogP contribution in [0, 0.1) is 29.0 Å². The number of ether oxygens (including phenoxy) is 1. The highest BCUT2D eigenvalue weighted by Crippen LogP contribution is 2.36. The zero-order valence-electron chi connectivity index (χ0n) is 20.3. The first-order valence-corrected chi connectivity index (χ1v) is 12.3. The van der Waals surface area contributed by atoms with Gasteiger partial charge in [-0.1, -0.05) is 24.4 Å². The van der Waals surface area contributed by atoms with Crippen molar-refractivity contribution >= 4 is 40.2 Å². The van der Waals surface area contributed by atoms with E-state index in [1.807, 2.05) is 13.8 Å². The lowest BCUT2D eigenvalue weighted by molar-refractivity contribution is -0.125. The summed E-state index contributed by atoms with van der Waals surface area (Å²) in [4.78, 5) is 41.1. The molecular weight excluding hydrogens is 489 g/mol. The van der Waals surface area contributed by atoms with Crippen LogP contribution in [-0.4, -0.2) is 47.4 Å². The highest BCUT2D eigenvalue weighted by Gasteiger charge is 2.39. The van der Waals surface area contributed by atoms with E-state index in [-0.39, 0.29) is 45.8 Å². The third kappa shape index (κ3) is 5.57. The fourth-order valence-corrected chi connectivity index (χ4v) is 5.04. The molecule has 11 heteroatoms. The number of aromatic nitrogens is 1. The number of H-pyrrole nitrogens is 1. The van der Waals surface area contributed by atoms with Gasteiger partial charge in [0, 0.05) is 16.8 Å². The molecule has 2 aliphatic rings. The van der Waals surface area contributed by atoms with Crippen LogP contribution < -0.4 is 20.7 Å². The molecule has 1 aliphatic carbocycles. The number of fused-ring (bicyclic) bond motifs is 1. The topological polar surface area (TPSA) is 136 Å². The van der Waals surface area contributed by atoms with Crippen molar-refractivity contribution in [3.63, 3.8) is 0 Å². The van der Waals surface area contributed by atoms with Crippen LogP contribution in [0.1, 0.15) is 56.4 Å². The lowest BCUT2D eigenvalue weighted by Crippen LogP contribution is -2.50. The summed E-state index contributed by atoms with van der Waals surface area (Å²) in [5.41, 5.74) is -0.258. The lowest BCUT2D eigenvalue weighted by Gasteiger charge is -2.21. The molecule has 1 aromatic heterocycles. The minimum Gasteiger partial charge on any atom is -0.494 e. The average Bonchev–Trinajstić information content (AvgIpc) is 3.43. The number of rotatable bonds is 9. The molecule has 1 aliphatic heterocycles. The molecule has 0 radical (unpaired) electrons. The Balaban J connectivity index is 1.48. The van der Waals surface area contributed by atoms with Crippen molar-refractivity contribution in [3.8, 4) is 11.8 Å². The molecule has 2 aromatic rings. The second kappa shape index (κ2) is 9.97. The zero-order chi connectivity index (χ0) is 26.2. The molecule has 0 bridgehead atoms. The highest BCUT2D eigenvalue weighted by atomic mass is 35.5. The van der Waals surface area contributed by atoms with Crippen LogP contribution in [-0.2, 0) is 9.59 Å². The Hall–Kier alpha value is -3.32. The van der Waals surface area contributed by atoms with Gasteiger partial charge < -0.3 is 25.7 Å². The van der Waals surface area contributed by atoms with E-state index in [9.17, 15) is 24.0 Å². The Bertz CT molecular complexity index is 1250. The normalized spacial score (nSPS) is 20.3. The van der Waals surface area contributed by atoms with Crippen molar-refractivity contribution < 1.29 is 23.5 Å². The number of nitrogens with one attached hydrogen (secondary N) is 4. The average molecular weight is 518 g/mol. The van der Waals surface area contributed by atoms with E-state index in [4.69, 9.17) is 16.3 Å². The molecule has 192 valence electrons. The molecular formula is C25H29ClFN5O4. The molecule has 1 saturated carbocycles. The molecule has 4 N–H and O–H groups in total. The smallest absolute Gasteiger partial charge is 0.268 e. The van der Waals surface area contributed by atoms with Gasteiger partial charge in [0.15, 0.2) is 0 Å².